The molecule has 0 radical (unpaired) electrons. The molecule has 0 bridgehead atoms. The fraction of sp³-hybridized carbons (Fsp3) is 0.625. The first-order chi connectivity index (χ1) is 10.2. The van der Waals surface area contributed by atoms with E-state index in [1.807, 2.05) is 34.9 Å². The highest BCUT2D eigenvalue weighted by atomic mass is 32.2. The van der Waals surface area contributed by atoms with Crippen LogP contribution in [0.5, 0.6) is 5.88 Å². The highest BCUT2D eigenvalue weighted by Crippen LogP contribution is 2.48. The lowest BCUT2D eigenvalue weighted by atomic mass is 9.92. The molecule has 21 heavy (non-hydrogen) atoms. The molecule has 5 heteroatoms. The summed E-state index contributed by atoms with van der Waals surface area (Å²) in [5, 5.41) is 0. The van der Waals surface area contributed by atoms with Gasteiger partial charge in [-0.25, -0.2) is 4.98 Å². The number of likely N-dealkylation sites (tertiary alicyclic amines) is 1. The molecule has 0 N–H and O–H groups in total. The number of hydrogen-bond acceptors (Lipinski definition) is 4. The SMILES string of the molecule is C[C@@H]1C[C@@H]1C(=O)N1CC2(C[C@@H](Oc3ccccn3)CS2)C1. The van der Waals surface area contributed by atoms with Crippen LogP contribution in [0.25, 0.3) is 0 Å². The van der Waals surface area contributed by atoms with Gasteiger partial charge < -0.3 is 9.64 Å². The minimum atomic E-state index is 0.224. The number of ether oxygens (including phenoxy) is 1. The number of thioether (sulfide) groups is 1. The Morgan fingerprint density at radius 1 is 1.48 bits per heavy atom. The lowest BCUT2D eigenvalue weighted by Gasteiger charge is -2.47. The third-order valence-electron chi connectivity index (χ3n) is 4.80. The Kier molecular flexibility index (Phi) is 3.14. The second-order valence-corrected chi connectivity index (χ2v) is 8.11. The molecule has 1 aromatic heterocycles. The second-order valence-electron chi connectivity index (χ2n) is 6.62. The van der Waals surface area contributed by atoms with Crippen LogP contribution in [0.4, 0.5) is 0 Å². The normalized spacial score (nSPS) is 32.8. The number of nitrogens with zero attached hydrogens (tertiary/aromatic N) is 2. The predicted molar refractivity (Wildman–Crippen MR) is 82.3 cm³/mol. The van der Waals surface area contributed by atoms with Crippen molar-refractivity contribution < 1.29 is 9.53 Å². The molecule has 1 amide bonds. The first-order valence-electron chi connectivity index (χ1n) is 7.66. The van der Waals surface area contributed by atoms with E-state index in [2.05, 4.69) is 11.9 Å². The maximum Gasteiger partial charge on any atom is 0.226 e. The van der Waals surface area contributed by atoms with Crippen molar-refractivity contribution in [2.24, 2.45) is 11.8 Å². The van der Waals surface area contributed by atoms with Crippen molar-refractivity contribution in [1.82, 2.24) is 9.88 Å². The first-order valence-corrected chi connectivity index (χ1v) is 8.64. The summed E-state index contributed by atoms with van der Waals surface area (Å²) in [4.78, 5) is 18.5. The van der Waals surface area contributed by atoms with Crippen molar-refractivity contribution in [3.8, 4) is 5.88 Å². The van der Waals surface area contributed by atoms with Crippen molar-refractivity contribution in [2.45, 2.75) is 30.6 Å². The highest BCUT2D eigenvalue weighted by molar-refractivity contribution is 8.01. The van der Waals surface area contributed by atoms with Gasteiger partial charge in [0.25, 0.3) is 0 Å². The zero-order valence-electron chi connectivity index (χ0n) is 12.2. The summed E-state index contributed by atoms with van der Waals surface area (Å²) < 4.78 is 6.19. The zero-order valence-corrected chi connectivity index (χ0v) is 13.0. The van der Waals surface area contributed by atoms with Gasteiger partial charge in [-0.3, -0.25) is 4.79 Å². The van der Waals surface area contributed by atoms with Crippen LogP contribution in [0, 0.1) is 11.8 Å². The average Bonchev–Trinajstić information content (AvgIpc) is 3.03. The van der Waals surface area contributed by atoms with Crippen LogP contribution < -0.4 is 4.74 Å². The van der Waals surface area contributed by atoms with Gasteiger partial charge in [0.05, 0.1) is 4.75 Å². The van der Waals surface area contributed by atoms with Gasteiger partial charge in [-0.2, -0.15) is 0 Å². The van der Waals surface area contributed by atoms with Crippen molar-refractivity contribution in [3.05, 3.63) is 24.4 Å². The number of hydrogen-bond donors (Lipinski definition) is 0. The van der Waals surface area contributed by atoms with Crippen molar-refractivity contribution in [2.75, 3.05) is 18.8 Å². The summed E-state index contributed by atoms with van der Waals surface area (Å²) in [6.07, 6.45) is 4.09. The fourth-order valence-electron chi connectivity index (χ4n) is 3.39. The van der Waals surface area contributed by atoms with Gasteiger partial charge in [-0.05, 0) is 18.4 Å². The van der Waals surface area contributed by atoms with Crippen molar-refractivity contribution in [1.29, 1.82) is 0 Å². The van der Waals surface area contributed by atoms with Crippen molar-refractivity contribution >= 4 is 17.7 Å². The quantitative estimate of drug-likeness (QED) is 0.858. The molecule has 1 spiro atoms. The molecular weight excluding hydrogens is 284 g/mol. The molecule has 1 saturated carbocycles. The van der Waals surface area contributed by atoms with Crippen LogP contribution in [-0.2, 0) is 4.79 Å². The van der Waals surface area contributed by atoms with E-state index in [-0.39, 0.29) is 10.9 Å². The maximum atomic E-state index is 12.2. The molecule has 1 aliphatic carbocycles. The van der Waals surface area contributed by atoms with Gasteiger partial charge in [0.2, 0.25) is 11.8 Å². The molecule has 4 rings (SSSR count). The highest BCUT2D eigenvalue weighted by Gasteiger charge is 2.54. The van der Waals surface area contributed by atoms with Crippen LogP contribution in [0.2, 0.25) is 0 Å². The molecule has 0 unspecified atom stereocenters. The van der Waals surface area contributed by atoms with E-state index in [4.69, 9.17) is 4.74 Å². The van der Waals surface area contributed by atoms with Crippen LogP contribution in [0.1, 0.15) is 19.8 Å². The Bertz CT molecular complexity index is 544. The molecule has 3 atom stereocenters. The number of carbonyl (C=O) groups excluding carboxylic acids is 1. The van der Waals surface area contributed by atoms with E-state index < -0.39 is 0 Å². The number of pyridine rings is 1. The standard InChI is InChI=1S/C16H20N2O2S/c1-11-6-13(11)15(19)18-9-16(10-18)7-12(8-21-16)20-14-4-2-3-5-17-14/h2-5,11-13H,6-10H2,1H3/t11-,12-,13+/m1/s1. The van der Waals surface area contributed by atoms with Crippen molar-refractivity contribution in [3.63, 3.8) is 0 Å². The van der Waals surface area contributed by atoms with Crippen LogP contribution in [0.3, 0.4) is 0 Å². The number of amides is 1. The largest absolute Gasteiger partial charge is 0.473 e. The summed E-state index contributed by atoms with van der Waals surface area (Å²) in [6, 6.07) is 5.74. The Morgan fingerprint density at radius 3 is 2.95 bits per heavy atom. The van der Waals surface area contributed by atoms with E-state index in [0.29, 0.717) is 23.6 Å². The van der Waals surface area contributed by atoms with Crippen LogP contribution in [0.15, 0.2) is 24.4 Å². The second kappa shape index (κ2) is 4.90. The number of rotatable bonds is 3. The Morgan fingerprint density at radius 2 is 2.29 bits per heavy atom. The minimum Gasteiger partial charge on any atom is -0.473 e. The van der Waals surface area contributed by atoms with Crippen LogP contribution >= 0.6 is 11.8 Å². The lowest BCUT2D eigenvalue weighted by Crippen LogP contribution is -2.61. The van der Waals surface area contributed by atoms with E-state index in [1.165, 1.54) is 0 Å². The molecule has 4 nitrogen and oxygen atoms in total. The molecule has 3 heterocycles. The molecule has 3 fully saturated rings. The summed E-state index contributed by atoms with van der Waals surface area (Å²) in [7, 11) is 0. The molecular formula is C16H20N2O2S. The molecule has 1 aromatic rings. The molecule has 3 aliphatic rings. The Hall–Kier alpha value is -1.23. The van der Waals surface area contributed by atoms with Crippen LogP contribution in [-0.4, -0.2) is 45.5 Å². The van der Waals surface area contributed by atoms with Gasteiger partial charge in [-0.1, -0.05) is 13.0 Å². The summed E-state index contributed by atoms with van der Waals surface area (Å²) in [6.45, 7) is 3.97. The van der Waals surface area contributed by atoms with Gasteiger partial charge >= 0.3 is 0 Å². The predicted octanol–water partition coefficient (Wildman–Crippen LogP) is 2.20. The van der Waals surface area contributed by atoms with E-state index in [1.54, 1.807) is 6.20 Å². The molecule has 2 aliphatic heterocycles. The molecule has 0 aromatic carbocycles. The van der Waals surface area contributed by atoms with E-state index in [9.17, 15) is 4.79 Å². The molecule has 2 saturated heterocycles. The Labute approximate surface area is 129 Å². The summed E-state index contributed by atoms with van der Waals surface area (Å²) in [5.41, 5.74) is 0. The lowest BCUT2D eigenvalue weighted by molar-refractivity contribution is -0.138. The van der Waals surface area contributed by atoms with E-state index in [0.717, 1.165) is 31.7 Å². The monoisotopic (exact) mass is 304 g/mol. The average molecular weight is 304 g/mol. The molecule has 112 valence electrons. The zero-order chi connectivity index (χ0) is 14.4. The van der Waals surface area contributed by atoms with Gasteiger partial charge in [0, 0.05) is 43.4 Å². The van der Waals surface area contributed by atoms with Gasteiger partial charge in [0.1, 0.15) is 6.10 Å². The number of aromatic nitrogens is 1. The number of carbonyl (C=O) groups is 1. The topological polar surface area (TPSA) is 42.4 Å². The smallest absolute Gasteiger partial charge is 0.226 e. The van der Waals surface area contributed by atoms with Gasteiger partial charge in [0.15, 0.2) is 0 Å². The van der Waals surface area contributed by atoms with E-state index >= 15 is 0 Å². The fourth-order valence-corrected chi connectivity index (χ4v) is 4.92. The Balaban J connectivity index is 1.30. The first kappa shape index (κ1) is 13.4. The maximum absolute atomic E-state index is 12.2. The third-order valence-corrected chi connectivity index (χ3v) is 6.37. The third kappa shape index (κ3) is 2.52. The summed E-state index contributed by atoms with van der Waals surface area (Å²) >= 11 is 1.97. The summed E-state index contributed by atoms with van der Waals surface area (Å²) in [5.74, 6) is 3.00. The minimum absolute atomic E-state index is 0.224. The van der Waals surface area contributed by atoms with Gasteiger partial charge in [-0.15, -0.1) is 11.8 Å².